The van der Waals surface area contributed by atoms with E-state index in [0.29, 0.717) is 11.8 Å². The van der Waals surface area contributed by atoms with Crippen LogP contribution in [0, 0.1) is 0 Å². The predicted molar refractivity (Wildman–Crippen MR) is 59.4 cm³/mol. The van der Waals surface area contributed by atoms with E-state index in [4.69, 9.17) is 0 Å². The lowest BCUT2D eigenvalue weighted by Gasteiger charge is -2.20. The van der Waals surface area contributed by atoms with E-state index in [9.17, 15) is 5.11 Å². The number of phenolic OH excluding ortho intramolecular Hbond substituents is 1. The van der Waals surface area contributed by atoms with Crippen LogP contribution < -0.4 is 5.32 Å². The summed E-state index contributed by atoms with van der Waals surface area (Å²) in [6, 6.07) is 8.19. The van der Waals surface area contributed by atoms with Crippen molar-refractivity contribution in [3.05, 3.63) is 29.8 Å². The summed E-state index contributed by atoms with van der Waals surface area (Å²) in [7, 11) is 0. The van der Waals surface area contributed by atoms with Crippen LogP contribution in [0.3, 0.4) is 0 Å². The van der Waals surface area contributed by atoms with Crippen molar-refractivity contribution in [1.82, 2.24) is 5.32 Å². The molecule has 0 saturated carbocycles. The Hall–Kier alpha value is -1.02. The summed E-state index contributed by atoms with van der Waals surface area (Å²) in [4.78, 5) is 0. The van der Waals surface area contributed by atoms with Crippen LogP contribution in [-0.2, 0) is 0 Å². The highest BCUT2D eigenvalue weighted by molar-refractivity contribution is 5.34. The Balaban J connectivity index is 2.83. The van der Waals surface area contributed by atoms with Gasteiger partial charge in [0.05, 0.1) is 0 Å². The van der Waals surface area contributed by atoms with Gasteiger partial charge in [0, 0.05) is 17.6 Å². The third-order valence-corrected chi connectivity index (χ3v) is 2.25. The van der Waals surface area contributed by atoms with Crippen LogP contribution in [0.25, 0.3) is 0 Å². The Morgan fingerprint density at radius 2 is 1.93 bits per heavy atom. The maximum Gasteiger partial charge on any atom is 0.120 e. The average molecular weight is 193 g/mol. The molecule has 1 aromatic rings. The molecule has 1 rings (SSSR count). The van der Waals surface area contributed by atoms with Crippen molar-refractivity contribution < 1.29 is 5.11 Å². The fraction of sp³-hybridized carbons (Fsp3) is 0.500. The highest BCUT2D eigenvalue weighted by atomic mass is 16.3. The van der Waals surface area contributed by atoms with E-state index >= 15 is 0 Å². The summed E-state index contributed by atoms with van der Waals surface area (Å²) < 4.78 is 0. The van der Waals surface area contributed by atoms with Crippen LogP contribution in [0.2, 0.25) is 0 Å². The number of aromatic hydroxyl groups is 1. The number of hydrogen-bond donors (Lipinski definition) is 2. The van der Waals surface area contributed by atoms with Gasteiger partial charge in [0.1, 0.15) is 5.75 Å². The molecule has 1 atom stereocenters. The molecular weight excluding hydrogens is 174 g/mol. The highest BCUT2D eigenvalue weighted by Gasteiger charge is 2.12. The lowest BCUT2D eigenvalue weighted by Crippen LogP contribution is -2.27. The molecule has 0 bridgehead atoms. The lowest BCUT2D eigenvalue weighted by molar-refractivity contribution is 0.424. The molecule has 78 valence electrons. The molecule has 1 aromatic carbocycles. The quantitative estimate of drug-likeness (QED) is 0.770. The van der Waals surface area contributed by atoms with Crippen molar-refractivity contribution in [2.75, 3.05) is 0 Å². The van der Waals surface area contributed by atoms with E-state index in [0.717, 1.165) is 12.0 Å². The summed E-state index contributed by atoms with van der Waals surface area (Å²) in [5.74, 6) is 0.382. The minimum Gasteiger partial charge on any atom is -0.508 e. The van der Waals surface area contributed by atoms with Crippen molar-refractivity contribution in [3.63, 3.8) is 0 Å². The second kappa shape index (κ2) is 5.01. The fourth-order valence-corrected chi connectivity index (χ4v) is 1.61. The first-order valence-electron chi connectivity index (χ1n) is 5.19. The number of para-hydroxylation sites is 1. The number of benzene rings is 1. The number of rotatable bonds is 4. The summed E-state index contributed by atoms with van der Waals surface area (Å²) in [5, 5.41) is 13.1. The monoisotopic (exact) mass is 193 g/mol. The Morgan fingerprint density at radius 3 is 2.43 bits per heavy atom. The summed E-state index contributed by atoms with van der Waals surface area (Å²) in [6.07, 6.45) is 0.982. The summed E-state index contributed by atoms with van der Waals surface area (Å²) >= 11 is 0. The number of nitrogens with one attached hydrogen (secondary N) is 1. The molecule has 2 N–H and O–H groups in total. The zero-order chi connectivity index (χ0) is 10.6. The Kier molecular flexibility index (Phi) is 3.96. The van der Waals surface area contributed by atoms with Crippen LogP contribution in [0.4, 0.5) is 0 Å². The van der Waals surface area contributed by atoms with Crippen LogP contribution in [0.5, 0.6) is 5.75 Å². The van der Waals surface area contributed by atoms with Gasteiger partial charge in [-0.15, -0.1) is 0 Å². The molecule has 2 nitrogen and oxygen atoms in total. The van der Waals surface area contributed by atoms with E-state index in [-0.39, 0.29) is 6.04 Å². The van der Waals surface area contributed by atoms with Gasteiger partial charge in [-0.1, -0.05) is 39.0 Å². The minimum atomic E-state index is 0.246. The molecule has 14 heavy (non-hydrogen) atoms. The standard InChI is InChI=1S/C12H19NO/c1-4-11(13-9(2)3)10-7-5-6-8-12(10)14/h5-9,11,13-14H,4H2,1-3H3. The molecule has 0 aliphatic carbocycles. The Bertz CT molecular complexity index is 283. The Labute approximate surface area is 86.0 Å². The maximum atomic E-state index is 9.68. The first kappa shape index (κ1) is 11.1. The zero-order valence-corrected chi connectivity index (χ0v) is 9.12. The first-order valence-corrected chi connectivity index (χ1v) is 5.19. The summed E-state index contributed by atoms with van der Waals surface area (Å²) in [5.41, 5.74) is 0.990. The smallest absolute Gasteiger partial charge is 0.120 e. The van der Waals surface area contributed by atoms with Gasteiger partial charge in [0.2, 0.25) is 0 Å². The van der Waals surface area contributed by atoms with Crippen molar-refractivity contribution in [2.24, 2.45) is 0 Å². The molecular formula is C12H19NO. The van der Waals surface area contributed by atoms with E-state index < -0.39 is 0 Å². The van der Waals surface area contributed by atoms with Crippen molar-refractivity contribution in [2.45, 2.75) is 39.3 Å². The van der Waals surface area contributed by atoms with Crippen LogP contribution in [0.1, 0.15) is 38.8 Å². The number of hydrogen-bond acceptors (Lipinski definition) is 2. The molecule has 0 aromatic heterocycles. The summed E-state index contributed by atoms with van der Waals surface area (Å²) in [6.45, 7) is 6.35. The third-order valence-electron chi connectivity index (χ3n) is 2.25. The van der Waals surface area contributed by atoms with E-state index in [1.165, 1.54) is 0 Å². The van der Waals surface area contributed by atoms with Crippen molar-refractivity contribution >= 4 is 0 Å². The zero-order valence-electron chi connectivity index (χ0n) is 9.12. The van der Waals surface area contributed by atoms with Crippen molar-refractivity contribution in [1.29, 1.82) is 0 Å². The largest absolute Gasteiger partial charge is 0.508 e. The van der Waals surface area contributed by atoms with Crippen molar-refractivity contribution in [3.8, 4) is 5.75 Å². The molecule has 0 aliphatic heterocycles. The molecule has 0 heterocycles. The van der Waals surface area contributed by atoms with Gasteiger partial charge >= 0.3 is 0 Å². The molecule has 0 spiro atoms. The first-order chi connectivity index (χ1) is 6.65. The van der Waals surface area contributed by atoms with Crippen LogP contribution in [-0.4, -0.2) is 11.1 Å². The second-order valence-corrected chi connectivity index (χ2v) is 3.84. The third kappa shape index (κ3) is 2.74. The van der Waals surface area contributed by atoms with E-state index in [1.807, 2.05) is 18.2 Å². The molecule has 2 heteroatoms. The number of phenols is 1. The van der Waals surface area contributed by atoms with E-state index in [1.54, 1.807) is 6.07 Å². The predicted octanol–water partition coefficient (Wildman–Crippen LogP) is 2.84. The SMILES string of the molecule is CCC(NC(C)C)c1ccccc1O. The molecule has 1 unspecified atom stereocenters. The molecule has 0 amide bonds. The van der Waals surface area contributed by atoms with Gasteiger partial charge < -0.3 is 10.4 Å². The second-order valence-electron chi connectivity index (χ2n) is 3.84. The van der Waals surface area contributed by atoms with Crippen LogP contribution >= 0.6 is 0 Å². The highest BCUT2D eigenvalue weighted by Crippen LogP contribution is 2.25. The van der Waals surface area contributed by atoms with Gasteiger partial charge in [-0.05, 0) is 12.5 Å². The Morgan fingerprint density at radius 1 is 1.29 bits per heavy atom. The molecule has 0 saturated heterocycles. The average Bonchev–Trinajstić information content (AvgIpc) is 2.15. The van der Waals surface area contributed by atoms with Gasteiger partial charge in [-0.3, -0.25) is 0 Å². The molecule has 0 radical (unpaired) electrons. The van der Waals surface area contributed by atoms with Gasteiger partial charge in [-0.25, -0.2) is 0 Å². The van der Waals surface area contributed by atoms with Crippen LogP contribution in [0.15, 0.2) is 24.3 Å². The molecule has 0 fully saturated rings. The normalized spacial score (nSPS) is 13.1. The van der Waals surface area contributed by atoms with Gasteiger partial charge in [0.15, 0.2) is 0 Å². The van der Waals surface area contributed by atoms with E-state index in [2.05, 4.69) is 26.1 Å². The van der Waals surface area contributed by atoms with Gasteiger partial charge in [-0.2, -0.15) is 0 Å². The maximum absolute atomic E-state index is 9.68. The lowest BCUT2D eigenvalue weighted by atomic mass is 10.0. The molecule has 0 aliphatic rings. The minimum absolute atomic E-state index is 0.246. The topological polar surface area (TPSA) is 32.3 Å². The fourth-order valence-electron chi connectivity index (χ4n) is 1.61. The van der Waals surface area contributed by atoms with Gasteiger partial charge in [0.25, 0.3) is 0 Å².